The molecule has 0 spiro atoms. The lowest BCUT2D eigenvalue weighted by Gasteiger charge is -2.18. The maximum Gasteiger partial charge on any atom is 0.268 e. The molecule has 0 bridgehead atoms. The van der Waals surface area contributed by atoms with Gasteiger partial charge in [0.15, 0.2) is 0 Å². The summed E-state index contributed by atoms with van der Waals surface area (Å²) in [6.45, 7) is -0.0354. The van der Waals surface area contributed by atoms with Crippen molar-refractivity contribution in [3.05, 3.63) is 75.7 Å². The molecule has 1 aliphatic rings. The third-order valence-corrected chi connectivity index (χ3v) is 6.17. The maximum absolute atomic E-state index is 14.7. The van der Waals surface area contributed by atoms with Crippen molar-refractivity contribution < 1.29 is 9.18 Å². The van der Waals surface area contributed by atoms with E-state index in [2.05, 4.69) is 43.7 Å². The number of amides is 1. The zero-order chi connectivity index (χ0) is 25.1. The Labute approximate surface area is 208 Å². The maximum atomic E-state index is 14.7. The van der Waals surface area contributed by atoms with Gasteiger partial charge in [-0.1, -0.05) is 11.3 Å². The van der Waals surface area contributed by atoms with Gasteiger partial charge in [-0.15, -0.1) is 0 Å². The Kier molecular flexibility index (Phi) is 7.07. The first-order valence-corrected chi connectivity index (χ1v) is 11.5. The highest BCUT2D eigenvalue weighted by Crippen LogP contribution is 2.39. The molecule has 182 valence electrons. The topological polar surface area (TPSA) is 165 Å². The number of nitrogens with zero attached hydrogens (tertiary/aromatic N) is 5. The Bertz CT molecular complexity index is 1310. The number of anilines is 1. The largest absolute Gasteiger partial charge is 0.393 e. The van der Waals surface area contributed by atoms with Crippen molar-refractivity contribution in [2.24, 2.45) is 16.8 Å². The molecule has 13 heteroatoms. The average Bonchev–Trinajstić information content (AvgIpc) is 3.61. The molecular formula is C22H24BrFN10O. The van der Waals surface area contributed by atoms with Crippen LogP contribution in [0.3, 0.4) is 0 Å². The highest BCUT2D eigenvalue weighted by Gasteiger charge is 2.24. The summed E-state index contributed by atoms with van der Waals surface area (Å²) < 4.78 is 16.8. The number of nitrogens with two attached hydrogens (primary N) is 2. The van der Waals surface area contributed by atoms with Crippen LogP contribution >= 0.6 is 15.9 Å². The number of hydrazine groups is 1. The zero-order valence-electron chi connectivity index (χ0n) is 18.6. The van der Waals surface area contributed by atoms with E-state index < -0.39 is 11.7 Å². The van der Waals surface area contributed by atoms with Gasteiger partial charge in [0.1, 0.15) is 23.5 Å². The molecule has 1 amide bonds. The number of nitrogens with one attached hydrogen (secondary N) is 3. The van der Waals surface area contributed by atoms with Crippen LogP contribution < -0.4 is 21.9 Å². The average molecular weight is 543 g/mol. The van der Waals surface area contributed by atoms with Crippen LogP contribution in [0.4, 0.5) is 10.1 Å². The molecule has 35 heavy (non-hydrogen) atoms. The second-order valence-corrected chi connectivity index (χ2v) is 8.96. The summed E-state index contributed by atoms with van der Waals surface area (Å²) in [5.74, 6) is 5.33. The zero-order valence-corrected chi connectivity index (χ0v) is 20.2. The SMILES string of the molecule is N=CN(N=N)c1ccc(Br)c(F)c1CNC(=O)/C(N)=C/N(N)Cc1cn2cc(C3CC3)ccc2n1. The first-order valence-electron chi connectivity index (χ1n) is 10.7. The molecule has 0 atom stereocenters. The van der Waals surface area contributed by atoms with Gasteiger partial charge < -0.3 is 20.5 Å². The number of hydrogen-bond donors (Lipinski definition) is 5. The number of hydrogen-bond acceptors (Lipinski definition) is 8. The van der Waals surface area contributed by atoms with Crippen LogP contribution in [0.2, 0.25) is 0 Å². The van der Waals surface area contributed by atoms with Gasteiger partial charge in [-0.2, -0.15) is 5.53 Å². The van der Waals surface area contributed by atoms with Gasteiger partial charge >= 0.3 is 0 Å². The number of carbonyl (C=O) groups is 1. The minimum Gasteiger partial charge on any atom is -0.393 e. The molecule has 0 saturated heterocycles. The molecule has 1 aromatic carbocycles. The van der Waals surface area contributed by atoms with Gasteiger partial charge in [0, 0.05) is 30.7 Å². The number of fused-ring (bicyclic) bond motifs is 1. The molecular weight excluding hydrogens is 519 g/mol. The lowest BCUT2D eigenvalue weighted by atomic mass is 10.1. The third kappa shape index (κ3) is 5.46. The van der Waals surface area contributed by atoms with Crippen LogP contribution in [0.1, 0.15) is 35.6 Å². The van der Waals surface area contributed by atoms with E-state index in [-0.39, 0.29) is 34.5 Å². The normalized spacial score (nSPS) is 13.5. The highest BCUT2D eigenvalue weighted by molar-refractivity contribution is 9.10. The molecule has 0 radical (unpaired) electrons. The van der Waals surface area contributed by atoms with E-state index in [1.54, 1.807) is 0 Å². The fourth-order valence-corrected chi connectivity index (χ4v) is 4.03. The first-order chi connectivity index (χ1) is 16.8. The Morgan fingerprint density at radius 3 is 2.80 bits per heavy atom. The van der Waals surface area contributed by atoms with E-state index in [9.17, 15) is 9.18 Å². The minimum absolute atomic E-state index is 0.0277. The van der Waals surface area contributed by atoms with Gasteiger partial charge in [-0.3, -0.25) is 10.2 Å². The summed E-state index contributed by atoms with van der Waals surface area (Å²) >= 11 is 3.09. The van der Waals surface area contributed by atoms with Crippen molar-refractivity contribution in [2.45, 2.75) is 31.8 Å². The van der Waals surface area contributed by atoms with Crippen molar-refractivity contribution in [2.75, 3.05) is 5.01 Å². The lowest BCUT2D eigenvalue weighted by Crippen LogP contribution is -2.33. The van der Waals surface area contributed by atoms with Crippen molar-refractivity contribution >= 4 is 39.5 Å². The molecule has 1 aliphatic carbocycles. The van der Waals surface area contributed by atoms with E-state index in [1.165, 1.54) is 41.7 Å². The van der Waals surface area contributed by atoms with Crippen LogP contribution in [0, 0.1) is 16.8 Å². The number of pyridine rings is 1. The number of halogens is 2. The smallest absolute Gasteiger partial charge is 0.268 e. The fraction of sp³-hybridized carbons (Fsp3) is 0.227. The monoisotopic (exact) mass is 542 g/mol. The van der Waals surface area contributed by atoms with Gasteiger partial charge in [0.25, 0.3) is 5.91 Å². The van der Waals surface area contributed by atoms with E-state index in [4.69, 9.17) is 22.5 Å². The number of imidazole rings is 1. The summed E-state index contributed by atoms with van der Waals surface area (Å²) in [6.07, 6.45) is 8.42. The van der Waals surface area contributed by atoms with Crippen molar-refractivity contribution in [3.8, 4) is 0 Å². The molecule has 1 saturated carbocycles. The predicted molar refractivity (Wildman–Crippen MR) is 132 cm³/mol. The second kappa shape index (κ2) is 10.2. The Morgan fingerprint density at radius 1 is 1.34 bits per heavy atom. The summed E-state index contributed by atoms with van der Waals surface area (Å²) in [7, 11) is 0. The van der Waals surface area contributed by atoms with Gasteiger partial charge in [-0.05, 0) is 58.5 Å². The first kappa shape index (κ1) is 24.3. The number of benzene rings is 1. The molecule has 4 rings (SSSR count). The lowest BCUT2D eigenvalue weighted by molar-refractivity contribution is -0.117. The van der Waals surface area contributed by atoms with Gasteiger partial charge in [-0.25, -0.2) is 20.2 Å². The minimum atomic E-state index is -0.668. The Balaban J connectivity index is 1.41. The molecule has 11 nitrogen and oxygen atoms in total. The van der Waals surface area contributed by atoms with Crippen molar-refractivity contribution in [1.29, 1.82) is 10.9 Å². The van der Waals surface area contributed by atoms with Crippen LogP contribution in [-0.2, 0) is 17.9 Å². The Morgan fingerprint density at radius 2 is 2.11 bits per heavy atom. The standard InChI is InChI=1S/C22H24BrFN10O/c23-17-4-5-19(34(12-25)31-27)16(21(17)24)7-29-22(35)18(26)11-33(28)10-15-9-32-8-14(13-1-2-13)3-6-20(32)30-15/h3-6,8-9,11-13,25,27H,1-2,7,10,26,28H2,(H,29,35)/b18-11-,25-12?,31-27?. The summed E-state index contributed by atoms with van der Waals surface area (Å²) in [5, 5.41) is 15.1. The summed E-state index contributed by atoms with van der Waals surface area (Å²) in [5.41, 5.74) is 15.8. The number of carbonyl (C=O) groups excluding carboxylic acids is 1. The molecule has 0 aliphatic heterocycles. The van der Waals surface area contributed by atoms with E-state index >= 15 is 0 Å². The fourth-order valence-electron chi connectivity index (χ4n) is 3.65. The number of rotatable bonds is 10. The van der Waals surface area contributed by atoms with Gasteiger partial charge in [0.2, 0.25) is 0 Å². The van der Waals surface area contributed by atoms with Crippen molar-refractivity contribution in [3.63, 3.8) is 0 Å². The van der Waals surface area contributed by atoms with Crippen molar-refractivity contribution in [1.82, 2.24) is 19.7 Å². The van der Waals surface area contributed by atoms with Gasteiger partial charge in [0.05, 0.1) is 22.4 Å². The number of aromatic nitrogens is 2. The predicted octanol–water partition coefficient (Wildman–Crippen LogP) is 3.26. The molecule has 7 N–H and O–H groups in total. The summed E-state index contributed by atoms with van der Waals surface area (Å²) in [6, 6.07) is 6.95. The van der Waals surface area contributed by atoms with E-state index in [0.717, 1.165) is 17.0 Å². The molecule has 0 unspecified atom stereocenters. The highest BCUT2D eigenvalue weighted by atomic mass is 79.9. The molecule has 3 aromatic rings. The van der Waals surface area contributed by atoms with E-state index in [0.29, 0.717) is 11.6 Å². The van der Waals surface area contributed by atoms with Crippen LogP contribution in [-0.4, -0.2) is 26.6 Å². The third-order valence-electron chi connectivity index (χ3n) is 5.56. The van der Waals surface area contributed by atoms with E-state index in [1.807, 2.05) is 16.7 Å². The van der Waals surface area contributed by atoms with Crippen LogP contribution in [0.25, 0.3) is 5.65 Å². The molecule has 2 heterocycles. The Hall–Kier alpha value is -3.84. The molecule has 2 aromatic heterocycles. The molecule has 1 fully saturated rings. The van der Waals surface area contributed by atoms with Crippen LogP contribution in [0.5, 0.6) is 0 Å². The summed E-state index contributed by atoms with van der Waals surface area (Å²) in [4.78, 5) is 17.0. The quantitative estimate of drug-likeness (QED) is 0.0658. The van der Waals surface area contributed by atoms with Crippen LogP contribution in [0.15, 0.2) is 58.3 Å². The second-order valence-electron chi connectivity index (χ2n) is 8.11.